The van der Waals surface area contributed by atoms with Gasteiger partial charge in [0.1, 0.15) is 12.9 Å². The molecule has 228 valence electrons. The quantitative estimate of drug-likeness (QED) is 0.317. The van der Waals surface area contributed by atoms with Gasteiger partial charge in [0.2, 0.25) is 5.91 Å². The van der Waals surface area contributed by atoms with Crippen LogP contribution in [0.5, 0.6) is 0 Å². The first-order chi connectivity index (χ1) is 20.7. The predicted molar refractivity (Wildman–Crippen MR) is 167 cm³/mol. The summed E-state index contributed by atoms with van der Waals surface area (Å²) >= 11 is 0. The number of hydrogen-bond acceptors (Lipinski definition) is 7. The summed E-state index contributed by atoms with van der Waals surface area (Å²) in [5.74, 6) is 0.238. The first kappa shape index (κ1) is 29.3. The number of nitrogens with two attached hydrogens (primary N) is 1. The second-order valence-electron chi connectivity index (χ2n) is 12.6. The molecule has 3 aromatic heterocycles. The molecule has 2 aliphatic rings. The maximum absolute atomic E-state index is 14.1. The number of pyridine rings is 1. The largest absolute Gasteiger partial charge is 0.447 e. The lowest BCUT2D eigenvalue weighted by Gasteiger charge is -2.31. The number of rotatable bonds is 7. The Balaban J connectivity index is 1.46. The van der Waals surface area contributed by atoms with Crippen molar-refractivity contribution in [1.82, 2.24) is 29.4 Å². The molecule has 0 saturated carbocycles. The number of benzene rings is 1. The number of carbonyl (C=O) groups is 2. The van der Waals surface area contributed by atoms with E-state index in [-0.39, 0.29) is 24.0 Å². The topological polar surface area (TPSA) is 120 Å². The second-order valence-corrected chi connectivity index (χ2v) is 12.6. The normalized spacial score (nSPS) is 18.6. The third-order valence-corrected chi connectivity index (χ3v) is 9.43. The van der Waals surface area contributed by atoms with Crippen molar-refractivity contribution in [2.75, 3.05) is 32.8 Å². The van der Waals surface area contributed by atoms with Crippen LogP contribution in [0, 0.1) is 13.8 Å². The van der Waals surface area contributed by atoms with E-state index in [0.717, 1.165) is 96.2 Å². The molecule has 43 heavy (non-hydrogen) atoms. The summed E-state index contributed by atoms with van der Waals surface area (Å²) < 4.78 is 9.63. The molecule has 10 heteroatoms. The Labute approximate surface area is 252 Å². The fraction of sp³-hybridized carbons (Fsp3) is 0.515. The van der Waals surface area contributed by atoms with Gasteiger partial charge in [0.25, 0.3) is 0 Å². The minimum Gasteiger partial charge on any atom is -0.447 e. The molecule has 10 nitrogen and oxygen atoms in total. The lowest BCUT2D eigenvalue weighted by Crippen LogP contribution is -2.39. The predicted octanol–water partition coefficient (Wildman–Crippen LogP) is 4.88. The zero-order valence-corrected chi connectivity index (χ0v) is 25.7. The highest BCUT2D eigenvalue weighted by molar-refractivity contribution is 6.00. The molecule has 6 rings (SSSR count). The summed E-state index contributed by atoms with van der Waals surface area (Å²) in [6.07, 6.45) is 8.43. The third-order valence-electron chi connectivity index (χ3n) is 9.43. The Hall–Kier alpha value is -3.76. The van der Waals surface area contributed by atoms with Crippen LogP contribution in [0.2, 0.25) is 0 Å². The molecule has 3 N–H and O–H groups in total. The van der Waals surface area contributed by atoms with E-state index in [1.165, 1.54) is 5.56 Å². The van der Waals surface area contributed by atoms with Crippen LogP contribution in [0.3, 0.4) is 0 Å². The van der Waals surface area contributed by atoms with Gasteiger partial charge in [-0.15, -0.1) is 0 Å². The van der Waals surface area contributed by atoms with Gasteiger partial charge < -0.3 is 15.8 Å². The Morgan fingerprint density at radius 3 is 2.60 bits per heavy atom. The van der Waals surface area contributed by atoms with Gasteiger partial charge in [0.15, 0.2) is 5.65 Å². The number of aryl methyl sites for hydroxylation is 1. The molecule has 1 unspecified atom stereocenters. The Morgan fingerprint density at radius 2 is 1.91 bits per heavy atom. The summed E-state index contributed by atoms with van der Waals surface area (Å²) in [6, 6.07) is 6.71. The highest BCUT2D eigenvalue weighted by Gasteiger charge is 2.29. The Kier molecular flexibility index (Phi) is 8.24. The van der Waals surface area contributed by atoms with Gasteiger partial charge in [-0.1, -0.05) is 26.3 Å². The zero-order chi connectivity index (χ0) is 30.2. The van der Waals surface area contributed by atoms with E-state index in [9.17, 15) is 9.59 Å². The molecule has 1 amide bonds. The van der Waals surface area contributed by atoms with Crippen molar-refractivity contribution in [3.63, 3.8) is 0 Å². The molecule has 4 aromatic rings. The minimum atomic E-state index is -0.359. The molecule has 0 radical (unpaired) electrons. The van der Waals surface area contributed by atoms with Crippen molar-refractivity contribution in [3.05, 3.63) is 53.0 Å². The molecule has 2 fully saturated rings. The van der Waals surface area contributed by atoms with Crippen LogP contribution in [-0.4, -0.2) is 74.9 Å². The van der Waals surface area contributed by atoms with Crippen molar-refractivity contribution in [2.45, 2.75) is 77.7 Å². The van der Waals surface area contributed by atoms with Crippen LogP contribution in [0.1, 0.15) is 80.0 Å². The molecule has 2 aliphatic heterocycles. The number of aromatic nitrogens is 4. The highest BCUT2D eigenvalue weighted by atomic mass is 16.5. The third kappa shape index (κ3) is 5.65. The van der Waals surface area contributed by atoms with E-state index in [2.05, 4.69) is 66.2 Å². The van der Waals surface area contributed by atoms with Gasteiger partial charge >= 0.3 is 6.09 Å². The van der Waals surface area contributed by atoms with Crippen LogP contribution >= 0.6 is 0 Å². The number of likely N-dealkylation sites (tertiary alicyclic amines) is 1. The molecule has 0 spiro atoms. The summed E-state index contributed by atoms with van der Waals surface area (Å²) in [4.78, 5) is 32.1. The van der Waals surface area contributed by atoms with Crippen molar-refractivity contribution in [1.29, 1.82) is 0 Å². The van der Waals surface area contributed by atoms with Gasteiger partial charge in [-0.2, -0.15) is 5.10 Å². The van der Waals surface area contributed by atoms with Gasteiger partial charge in [-0.3, -0.25) is 9.69 Å². The van der Waals surface area contributed by atoms with Crippen LogP contribution in [0.25, 0.3) is 27.8 Å². The zero-order valence-electron chi connectivity index (χ0n) is 25.7. The van der Waals surface area contributed by atoms with Gasteiger partial charge in [0.05, 0.1) is 17.8 Å². The summed E-state index contributed by atoms with van der Waals surface area (Å²) in [7, 11) is 0. The molecule has 2 saturated heterocycles. The summed E-state index contributed by atoms with van der Waals surface area (Å²) in [6.45, 7) is 11.8. The molecular formula is C33H43N7O3. The number of fused-ring (bicyclic) bond motifs is 2. The first-order valence-electron chi connectivity index (χ1n) is 15.6. The van der Waals surface area contributed by atoms with E-state index in [4.69, 9.17) is 10.5 Å². The SMILES string of the molecule is Cc1c(-c2c(C(C)C)c3cc(C4CCN(CC(N)=O)CC4)ccc3n2C(=O)OCC2CCCCN2)cn2ncnc2c1C. The van der Waals surface area contributed by atoms with Crippen LogP contribution in [0.4, 0.5) is 4.79 Å². The maximum Gasteiger partial charge on any atom is 0.419 e. The number of ether oxygens (including phenoxy) is 1. The monoisotopic (exact) mass is 585 g/mol. The first-order valence-corrected chi connectivity index (χ1v) is 15.6. The standard InChI is InChI=1S/C33H43N7O3/c1-20(2)30-26-15-24(23-10-13-38(14-11-23)17-29(34)41)8-9-28(26)40(33(42)43-18-25-7-5-6-12-35-25)31(30)27-16-39-32(36-19-37-39)22(4)21(27)3/h8-9,15-16,19-20,23,25,35H,5-7,10-14,17-18H2,1-4H3,(H2,34,41). The molecule has 5 heterocycles. The number of primary amides is 1. The van der Waals surface area contributed by atoms with Crippen molar-refractivity contribution >= 4 is 28.6 Å². The highest BCUT2D eigenvalue weighted by Crippen LogP contribution is 2.42. The number of carbonyl (C=O) groups excluding carboxylic acids is 2. The number of piperidine rings is 2. The Bertz CT molecular complexity index is 1660. The molecule has 1 aromatic carbocycles. The van der Waals surface area contributed by atoms with E-state index < -0.39 is 0 Å². The lowest BCUT2D eigenvalue weighted by molar-refractivity contribution is -0.119. The fourth-order valence-electron chi connectivity index (χ4n) is 7.01. The number of nitrogens with zero attached hydrogens (tertiary/aromatic N) is 5. The average molecular weight is 586 g/mol. The molecule has 0 aliphatic carbocycles. The minimum absolute atomic E-state index is 0.144. The smallest absolute Gasteiger partial charge is 0.419 e. The lowest BCUT2D eigenvalue weighted by atomic mass is 9.87. The Morgan fingerprint density at radius 1 is 1.12 bits per heavy atom. The molecule has 1 atom stereocenters. The number of amides is 1. The maximum atomic E-state index is 14.1. The van der Waals surface area contributed by atoms with Crippen LogP contribution < -0.4 is 11.1 Å². The van der Waals surface area contributed by atoms with E-state index in [1.807, 2.05) is 6.20 Å². The molecular weight excluding hydrogens is 542 g/mol. The van der Waals surface area contributed by atoms with Gasteiger partial charge in [-0.05, 0) is 105 Å². The number of nitrogens with one attached hydrogen (secondary N) is 1. The van der Waals surface area contributed by atoms with Gasteiger partial charge in [0, 0.05) is 23.2 Å². The average Bonchev–Trinajstić information content (AvgIpc) is 3.61. The van der Waals surface area contributed by atoms with E-state index in [1.54, 1.807) is 15.4 Å². The van der Waals surface area contributed by atoms with Crippen molar-refractivity contribution < 1.29 is 14.3 Å². The van der Waals surface area contributed by atoms with Crippen LogP contribution in [0.15, 0.2) is 30.7 Å². The van der Waals surface area contributed by atoms with Crippen LogP contribution in [-0.2, 0) is 9.53 Å². The van der Waals surface area contributed by atoms with E-state index in [0.29, 0.717) is 19.1 Å². The van der Waals surface area contributed by atoms with Gasteiger partial charge in [-0.25, -0.2) is 18.9 Å². The number of hydrogen-bond donors (Lipinski definition) is 2. The van der Waals surface area contributed by atoms with Crippen molar-refractivity contribution in [2.24, 2.45) is 5.73 Å². The van der Waals surface area contributed by atoms with E-state index >= 15 is 0 Å². The fourth-order valence-corrected chi connectivity index (χ4v) is 7.01. The summed E-state index contributed by atoms with van der Waals surface area (Å²) in [5, 5.41) is 9.01. The molecule has 0 bridgehead atoms. The summed E-state index contributed by atoms with van der Waals surface area (Å²) in [5.41, 5.74) is 13.4. The second kappa shape index (κ2) is 12.1. The van der Waals surface area contributed by atoms with Crippen molar-refractivity contribution in [3.8, 4) is 11.3 Å².